The minimum absolute atomic E-state index is 0.000317. The molecule has 0 aromatic rings. The molecule has 7 atom stereocenters. The van der Waals surface area contributed by atoms with Crippen LogP contribution in [0, 0.1) is 11.8 Å². The van der Waals surface area contributed by atoms with Crippen LogP contribution in [-0.4, -0.2) is 48.3 Å². The average molecular weight is 384 g/mol. The summed E-state index contributed by atoms with van der Waals surface area (Å²) in [6.07, 6.45) is 4.52. The number of amides is 2. The third-order valence-electron chi connectivity index (χ3n) is 5.59. The summed E-state index contributed by atoms with van der Waals surface area (Å²) in [6.45, 7) is 6.44. The van der Waals surface area contributed by atoms with Gasteiger partial charge in [0, 0.05) is 36.5 Å². The molecular formula is C18H30ClN5O2. The molecule has 0 bridgehead atoms. The summed E-state index contributed by atoms with van der Waals surface area (Å²) in [4.78, 5) is 23.9. The van der Waals surface area contributed by atoms with Crippen molar-refractivity contribution < 1.29 is 9.59 Å². The van der Waals surface area contributed by atoms with Gasteiger partial charge < -0.3 is 10.6 Å². The van der Waals surface area contributed by atoms with Crippen LogP contribution in [0.4, 0.5) is 0 Å². The van der Waals surface area contributed by atoms with Crippen molar-refractivity contribution in [1.82, 2.24) is 26.6 Å². The standard InChI is InChI=1S/C18H30ClN5O2/c1-9-6-13(19)7-12-8-14(17(26)24-16(9)12)10(2)21-18-20-5-4-15(23-18)22-11(3)25/h8-10,12-13,15-16,18,20-21,23H,4-7H2,1-3H3,(H,22,25)(H,24,26)/t9?,10-,12?,13?,15?,16?,18?/m0/s1. The molecule has 8 heteroatoms. The third-order valence-corrected chi connectivity index (χ3v) is 5.95. The first-order chi connectivity index (χ1) is 12.3. The average Bonchev–Trinajstić information content (AvgIpc) is 2.54. The second-order valence-electron chi connectivity index (χ2n) is 7.82. The van der Waals surface area contributed by atoms with Gasteiger partial charge in [0.25, 0.3) is 0 Å². The van der Waals surface area contributed by atoms with Gasteiger partial charge in [-0.1, -0.05) is 13.0 Å². The number of carbonyl (C=O) groups excluding carboxylic acids is 2. The Hall–Kier alpha value is -1.15. The highest BCUT2D eigenvalue weighted by Crippen LogP contribution is 2.36. The van der Waals surface area contributed by atoms with E-state index in [0.29, 0.717) is 5.92 Å². The Bertz CT molecular complexity index is 584. The fourth-order valence-electron chi connectivity index (χ4n) is 4.33. The number of fused-ring (bicyclic) bond motifs is 1. The fourth-order valence-corrected chi connectivity index (χ4v) is 4.82. The topological polar surface area (TPSA) is 94.3 Å². The predicted molar refractivity (Wildman–Crippen MR) is 101 cm³/mol. The Balaban J connectivity index is 1.63. The third kappa shape index (κ3) is 4.57. The molecule has 1 saturated carbocycles. The van der Waals surface area contributed by atoms with E-state index in [1.54, 1.807) is 0 Å². The number of alkyl halides is 1. The largest absolute Gasteiger partial charge is 0.349 e. The van der Waals surface area contributed by atoms with Gasteiger partial charge in [0.1, 0.15) is 6.29 Å². The van der Waals surface area contributed by atoms with E-state index in [4.69, 9.17) is 11.6 Å². The van der Waals surface area contributed by atoms with Gasteiger partial charge in [-0.2, -0.15) is 0 Å². The summed E-state index contributed by atoms with van der Waals surface area (Å²) in [5.41, 5.74) is 0.759. The summed E-state index contributed by atoms with van der Waals surface area (Å²) in [5.74, 6) is 0.623. The number of hydrogen-bond donors (Lipinski definition) is 5. The van der Waals surface area contributed by atoms with Gasteiger partial charge in [-0.05, 0) is 38.0 Å². The van der Waals surface area contributed by atoms with Crippen molar-refractivity contribution in [2.45, 2.75) is 69.9 Å². The van der Waals surface area contributed by atoms with Crippen LogP contribution in [0.5, 0.6) is 0 Å². The summed E-state index contributed by atoms with van der Waals surface area (Å²) in [5, 5.41) is 16.3. The zero-order chi connectivity index (χ0) is 18.8. The van der Waals surface area contributed by atoms with Gasteiger partial charge in [0.15, 0.2) is 0 Å². The summed E-state index contributed by atoms with van der Waals surface area (Å²) < 4.78 is 0. The van der Waals surface area contributed by atoms with Crippen LogP contribution in [0.3, 0.4) is 0 Å². The quantitative estimate of drug-likeness (QED) is 0.452. The van der Waals surface area contributed by atoms with Crippen LogP contribution >= 0.6 is 11.6 Å². The lowest BCUT2D eigenvalue weighted by atomic mass is 9.74. The van der Waals surface area contributed by atoms with E-state index in [0.717, 1.165) is 31.4 Å². The summed E-state index contributed by atoms with van der Waals surface area (Å²) in [6, 6.07) is 0.0616. The van der Waals surface area contributed by atoms with E-state index in [2.05, 4.69) is 39.6 Å². The Morgan fingerprint density at radius 2 is 2.15 bits per heavy atom. The lowest BCUT2D eigenvalue weighted by Gasteiger charge is -2.42. The van der Waals surface area contributed by atoms with Crippen LogP contribution in [0.2, 0.25) is 0 Å². The van der Waals surface area contributed by atoms with Gasteiger partial charge >= 0.3 is 0 Å². The molecule has 1 aliphatic carbocycles. The molecule has 1 saturated heterocycles. The molecule has 6 unspecified atom stereocenters. The Labute approximate surface area is 160 Å². The zero-order valence-electron chi connectivity index (χ0n) is 15.6. The highest BCUT2D eigenvalue weighted by Gasteiger charge is 2.39. The monoisotopic (exact) mass is 383 g/mol. The van der Waals surface area contributed by atoms with Crippen LogP contribution in [0.1, 0.15) is 40.0 Å². The van der Waals surface area contributed by atoms with Crippen molar-refractivity contribution in [3.63, 3.8) is 0 Å². The molecule has 0 radical (unpaired) electrons. The van der Waals surface area contributed by atoms with E-state index in [-0.39, 0.29) is 47.6 Å². The van der Waals surface area contributed by atoms with Gasteiger partial charge in [-0.3, -0.25) is 25.5 Å². The smallest absolute Gasteiger partial charge is 0.248 e. The molecule has 0 aromatic heterocycles. The second-order valence-corrected chi connectivity index (χ2v) is 8.43. The van der Waals surface area contributed by atoms with Crippen molar-refractivity contribution in [2.24, 2.45) is 11.8 Å². The van der Waals surface area contributed by atoms with Gasteiger partial charge in [0.05, 0.1) is 6.17 Å². The Kier molecular flexibility index (Phi) is 6.22. The molecule has 3 rings (SSSR count). The zero-order valence-corrected chi connectivity index (χ0v) is 16.4. The lowest BCUT2D eigenvalue weighted by molar-refractivity contribution is -0.120. The van der Waals surface area contributed by atoms with Gasteiger partial charge in [-0.25, -0.2) is 0 Å². The van der Waals surface area contributed by atoms with Crippen molar-refractivity contribution >= 4 is 23.4 Å². The van der Waals surface area contributed by atoms with Crippen molar-refractivity contribution in [3.8, 4) is 0 Å². The molecule has 3 aliphatic rings. The molecule has 0 spiro atoms. The van der Waals surface area contributed by atoms with E-state index in [1.807, 2.05) is 6.92 Å². The first-order valence-electron chi connectivity index (χ1n) is 9.52. The highest BCUT2D eigenvalue weighted by molar-refractivity contribution is 6.20. The first-order valence-corrected chi connectivity index (χ1v) is 9.96. The van der Waals surface area contributed by atoms with E-state index < -0.39 is 0 Å². The molecule has 2 heterocycles. The van der Waals surface area contributed by atoms with Crippen LogP contribution in [0.25, 0.3) is 0 Å². The highest BCUT2D eigenvalue weighted by atomic mass is 35.5. The second kappa shape index (κ2) is 8.25. The van der Waals surface area contributed by atoms with Crippen LogP contribution < -0.4 is 26.6 Å². The Morgan fingerprint density at radius 1 is 1.38 bits per heavy atom. The molecule has 2 aliphatic heterocycles. The Morgan fingerprint density at radius 3 is 2.88 bits per heavy atom. The number of nitrogens with one attached hydrogen (secondary N) is 5. The van der Waals surface area contributed by atoms with E-state index in [9.17, 15) is 9.59 Å². The van der Waals surface area contributed by atoms with Crippen molar-refractivity contribution in [3.05, 3.63) is 11.6 Å². The molecule has 0 aromatic carbocycles. The molecule has 2 amide bonds. The molecule has 26 heavy (non-hydrogen) atoms. The molecule has 146 valence electrons. The van der Waals surface area contributed by atoms with E-state index in [1.165, 1.54) is 6.92 Å². The minimum Gasteiger partial charge on any atom is -0.349 e. The first kappa shape index (κ1) is 19.6. The number of rotatable bonds is 4. The van der Waals surface area contributed by atoms with Crippen molar-refractivity contribution in [2.75, 3.05) is 6.54 Å². The number of hydrogen-bond acceptors (Lipinski definition) is 5. The van der Waals surface area contributed by atoms with Crippen LogP contribution in [-0.2, 0) is 9.59 Å². The fraction of sp³-hybridized carbons (Fsp3) is 0.778. The molecular weight excluding hydrogens is 354 g/mol. The van der Waals surface area contributed by atoms with Gasteiger partial charge in [0.2, 0.25) is 11.8 Å². The summed E-state index contributed by atoms with van der Waals surface area (Å²) in [7, 11) is 0. The maximum absolute atomic E-state index is 12.6. The maximum Gasteiger partial charge on any atom is 0.248 e. The SMILES string of the molecule is CC(=O)NC1CCNC(N[C@@H](C)C2=CC3CC(Cl)CC(C)C3NC2=O)N1. The number of halogens is 1. The minimum atomic E-state index is -0.173. The maximum atomic E-state index is 12.6. The summed E-state index contributed by atoms with van der Waals surface area (Å²) >= 11 is 6.40. The molecule has 5 N–H and O–H groups in total. The van der Waals surface area contributed by atoms with E-state index >= 15 is 0 Å². The molecule has 2 fully saturated rings. The van der Waals surface area contributed by atoms with Gasteiger partial charge in [-0.15, -0.1) is 11.6 Å². The normalized spacial score (nSPS) is 38.6. The number of carbonyl (C=O) groups is 2. The molecule has 7 nitrogen and oxygen atoms in total. The predicted octanol–water partition coefficient (Wildman–Crippen LogP) is 0.372. The lowest BCUT2D eigenvalue weighted by Crippen LogP contribution is -2.66. The van der Waals surface area contributed by atoms with Crippen LogP contribution in [0.15, 0.2) is 11.6 Å². The van der Waals surface area contributed by atoms with Crippen molar-refractivity contribution in [1.29, 1.82) is 0 Å².